The number of halogens is 1. The van der Waals surface area contributed by atoms with Crippen LogP contribution in [-0.4, -0.2) is 26.0 Å². The molecular formula is C19H19BrN4O. The van der Waals surface area contributed by atoms with Gasteiger partial charge in [0, 0.05) is 15.6 Å². The average Bonchev–Trinajstić information content (AvgIpc) is 3.11. The predicted molar refractivity (Wildman–Crippen MR) is 101 cm³/mol. The fourth-order valence-corrected chi connectivity index (χ4v) is 2.75. The molecule has 1 atom stereocenters. The van der Waals surface area contributed by atoms with Gasteiger partial charge in [-0.1, -0.05) is 66.2 Å². The number of benzene rings is 2. The van der Waals surface area contributed by atoms with Gasteiger partial charge in [-0.25, -0.2) is 0 Å². The highest BCUT2D eigenvalue weighted by atomic mass is 79.9. The molecule has 3 rings (SSSR count). The van der Waals surface area contributed by atoms with Crippen molar-refractivity contribution < 1.29 is 4.79 Å². The van der Waals surface area contributed by atoms with Gasteiger partial charge in [-0.05, 0) is 35.8 Å². The van der Waals surface area contributed by atoms with Gasteiger partial charge in [0.25, 0.3) is 0 Å². The molecule has 25 heavy (non-hydrogen) atoms. The fraction of sp³-hybridized carbons (Fsp3) is 0.263. The third-order valence-electron chi connectivity index (χ3n) is 4.12. The van der Waals surface area contributed by atoms with Gasteiger partial charge in [-0.3, -0.25) is 4.79 Å². The second-order valence-corrected chi connectivity index (χ2v) is 7.17. The maximum atomic E-state index is 12.6. The molecule has 1 aromatic heterocycles. The van der Waals surface area contributed by atoms with Crippen LogP contribution in [0.15, 0.2) is 53.0 Å². The molecule has 128 valence electrons. The van der Waals surface area contributed by atoms with Gasteiger partial charge in [0.2, 0.25) is 5.82 Å². The van der Waals surface area contributed by atoms with E-state index in [1.165, 1.54) is 10.4 Å². The molecule has 0 radical (unpaired) electrons. The number of carbonyl (C=O) groups is 1. The molecule has 0 aliphatic rings. The minimum absolute atomic E-state index is 0.0494. The summed E-state index contributed by atoms with van der Waals surface area (Å²) in [6, 6.07) is 14.8. The summed E-state index contributed by atoms with van der Waals surface area (Å²) in [4.78, 5) is 13.9. The lowest BCUT2D eigenvalue weighted by atomic mass is 10.0. The van der Waals surface area contributed by atoms with Crippen molar-refractivity contribution in [2.45, 2.75) is 32.7 Å². The average molecular weight is 399 g/mol. The highest BCUT2D eigenvalue weighted by Crippen LogP contribution is 2.21. The van der Waals surface area contributed by atoms with Crippen molar-refractivity contribution in [1.82, 2.24) is 20.2 Å². The minimum atomic E-state index is -0.516. The van der Waals surface area contributed by atoms with Crippen molar-refractivity contribution in [3.05, 3.63) is 64.1 Å². The predicted octanol–water partition coefficient (Wildman–Crippen LogP) is 4.67. The Labute approximate surface area is 155 Å². The second kappa shape index (κ2) is 7.27. The first-order chi connectivity index (χ1) is 12.0. The zero-order valence-corrected chi connectivity index (χ0v) is 15.9. The number of carbonyl (C=O) groups excluding carboxylic acids is 1. The van der Waals surface area contributed by atoms with Crippen LogP contribution < -0.4 is 0 Å². The number of hydrogen-bond acceptors (Lipinski definition) is 4. The van der Waals surface area contributed by atoms with E-state index >= 15 is 0 Å². The lowest BCUT2D eigenvalue weighted by Crippen LogP contribution is -2.19. The summed E-state index contributed by atoms with van der Waals surface area (Å²) in [5.74, 6) is 0.943. The van der Waals surface area contributed by atoms with Crippen LogP contribution in [0.2, 0.25) is 0 Å². The molecule has 0 fully saturated rings. The summed E-state index contributed by atoms with van der Waals surface area (Å²) < 4.78 is 0.933. The molecule has 0 saturated heterocycles. The number of ketones is 1. The van der Waals surface area contributed by atoms with E-state index in [9.17, 15) is 4.79 Å². The van der Waals surface area contributed by atoms with Crippen LogP contribution in [0.1, 0.15) is 48.7 Å². The second-order valence-electron chi connectivity index (χ2n) is 6.26. The highest BCUT2D eigenvalue weighted by Gasteiger charge is 2.20. The van der Waals surface area contributed by atoms with Crippen LogP contribution in [0.4, 0.5) is 0 Å². The molecule has 0 aliphatic carbocycles. The number of Topliss-reactive ketones (excluding diaryl/α,β-unsaturated/α-hetero) is 1. The SMILES string of the molecule is CC(C)c1ccc(-c2nnn([C@H](C)C(=O)c3ccc(Br)cc3)n2)cc1. The Hall–Kier alpha value is -2.34. The molecule has 0 N–H and O–H groups in total. The Morgan fingerprint density at radius 1 is 1.00 bits per heavy atom. The smallest absolute Gasteiger partial charge is 0.204 e. The van der Waals surface area contributed by atoms with Crippen LogP contribution in [0, 0.1) is 0 Å². The molecule has 5 nitrogen and oxygen atoms in total. The van der Waals surface area contributed by atoms with Crippen LogP contribution >= 0.6 is 15.9 Å². The summed E-state index contributed by atoms with van der Waals surface area (Å²) in [5.41, 5.74) is 2.77. The molecule has 0 spiro atoms. The summed E-state index contributed by atoms with van der Waals surface area (Å²) >= 11 is 3.37. The Bertz CT molecular complexity index is 869. The van der Waals surface area contributed by atoms with Crippen LogP contribution in [0.3, 0.4) is 0 Å². The Morgan fingerprint density at radius 3 is 2.24 bits per heavy atom. The number of hydrogen-bond donors (Lipinski definition) is 0. The lowest BCUT2D eigenvalue weighted by molar-refractivity contribution is 0.0918. The van der Waals surface area contributed by atoms with Crippen molar-refractivity contribution in [3.63, 3.8) is 0 Å². The van der Waals surface area contributed by atoms with E-state index in [-0.39, 0.29) is 5.78 Å². The largest absolute Gasteiger partial charge is 0.292 e. The van der Waals surface area contributed by atoms with Gasteiger partial charge in [0.1, 0.15) is 6.04 Å². The third-order valence-corrected chi connectivity index (χ3v) is 4.65. The first-order valence-electron chi connectivity index (χ1n) is 8.15. The molecular weight excluding hydrogens is 380 g/mol. The van der Waals surface area contributed by atoms with E-state index in [1.807, 2.05) is 24.3 Å². The fourth-order valence-electron chi connectivity index (χ4n) is 2.48. The van der Waals surface area contributed by atoms with Crippen molar-refractivity contribution in [2.75, 3.05) is 0 Å². The van der Waals surface area contributed by atoms with E-state index < -0.39 is 6.04 Å². The maximum Gasteiger partial charge on any atom is 0.204 e. The van der Waals surface area contributed by atoms with Crippen molar-refractivity contribution in [3.8, 4) is 11.4 Å². The van der Waals surface area contributed by atoms with Gasteiger partial charge in [-0.2, -0.15) is 4.80 Å². The van der Waals surface area contributed by atoms with Gasteiger partial charge < -0.3 is 0 Å². The molecule has 0 bridgehead atoms. The summed E-state index contributed by atoms with van der Waals surface area (Å²) in [6.45, 7) is 6.08. The standard InChI is InChI=1S/C19H19BrN4O/c1-12(2)14-4-6-16(7-5-14)19-21-23-24(22-19)13(3)18(25)15-8-10-17(20)11-9-15/h4-13H,1-3H3/t13-/m1/s1. The van der Waals surface area contributed by atoms with Gasteiger partial charge in [0.05, 0.1) is 0 Å². The van der Waals surface area contributed by atoms with Crippen molar-refractivity contribution >= 4 is 21.7 Å². The Kier molecular flexibility index (Phi) is 5.08. The molecule has 2 aromatic carbocycles. The van der Waals surface area contributed by atoms with Gasteiger partial charge in [-0.15, -0.1) is 10.2 Å². The number of tetrazole rings is 1. The van der Waals surface area contributed by atoms with Gasteiger partial charge in [0.15, 0.2) is 5.78 Å². The summed E-state index contributed by atoms with van der Waals surface area (Å²) in [6.07, 6.45) is 0. The first-order valence-corrected chi connectivity index (χ1v) is 8.94. The summed E-state index contributed by atoms with van der Waals surface area (Å²) in [5, 5.41) is 12.5. The van der Waals surface area contributed by atoms with E-state index in [0.717, 1.165) is 10.0 Å². The number of rotatable bonds is 5. The highest BCUT2D eigenvalue weighted by molar-refractivity contribution is 9.10. The van der Waals surface area contributed by atoms with Crippen LogP contribution in [-0.2, 0) is 0 Å². The topological polar surface area (TPSA) is 60.7 Å². The number of aromatic nitrogens is 4. The first kappa shape index (κ1) is 17.5. The lowest BCUT2D eigenvalue weighted by Gasteiger charge is -2.08. The zero-order chi connectivity index (χ0) is 18.0. The molecule has 1 heterocycles. The monoisotopic (exact) mass is 398 g/mol. The van der Waals surface area contributed by atoms with E-state index in [4.69, 9.17) is 0 Å². The molecule has 0 aliphatic heterocycles. The molecule has 0 saturated carbocycles. The Morgan fingerprint density at radius 2 is 1.64 bits per heavy atom. The molecule has 0 unspecified atom stereocenters. The van der Waals surface area contributed by atoms with Crippen molar-refractivity contribution in [2.24, 2.45) is 0 Å². The van der Waals surface area contributed by atoms with Crippen LogP contribution in [0.25, 0.3) is 11.4 Å². The molecule has 0 amide bonds. The van der Waals surface area contributed by atoms with Gasteiger partial charge >= 0.3 is 0 Å². The molecule has 6 heteroatoms. The van der Waals surface area contributed by atoms with Crippen molar-refractivity contribution in [1.29, 1.82) is 0 Å². The van der Waals surface area contributed by atoms with Crippen LogP contribution in [0.5, 0.6) is 0 Å². The van der Waals surface area contributed by atoms with E-state index in [2.05, 4.69) is 57.3 Å². The Balaban J connectivity index is 1.80. The minimum Gasteiger partial charge on any atom is -0.292 e. The number of nitrogens with zero attached hydrogens (tertiary/aromatic N) is 4. The molecule has 3 aromatic rings. The quantitative estimate of drug-likeness (QED) is 0.585. The van der Waals surface area contributed by atoms with E-state index in [0.29, 0.717) is 17.3 Å². The van der Waals surface area contributed by atoms with E-state index in [1.54, 1.807) is 19.1 Å². The maximum absolute atomic E-state index is 12.6. The summed E-state index contributed by atoms with van der Waals surface area (Å²) in [7, 11) is 0. The third kappa shape index (κ3) is 3.85. The normalized spacial score (nSPS) is 12.4. The zero-order valence-electron chi connectivity index (χ0n) is 14.3.